The average molecular weight is 238 g/mol. The molecule has 0 aliphatic rings. The number of unbranched alkanes of at least 4 members (excludes halogenated alkanes) is 1. The summed E-state index contributed by atoms with van der Waals surface area (Å²) in [6.45, 7) is 4.15. The normalized spacial score (nSPS) is 10.7. The molecule has 14 heavy (non-hydrogen) atoms. The van der Waals surface area contributed by atoms with Crippen LogP contribution in [-0.4, -0.2) is 26.6 Å². The Morgan fingerprint density at radius 2 is 1.86 bits per heavy atom. The average Bonchev–Trinajstić information content (AvgIpc) is 1.98. The third-order valence-corrected chi connectivity index (χ3v) is 1.48. The van der Waals surface area contributed by atoms with Gasteiger partial charge in [0.1, 0.15) is 0 Å². The van der Waals surface area contributed by atoms with Gasteiger partial charge < -0.3 is 21.3 Å². The number of hydrogen-bond donors (Lipinski definition) is 4. The van der Waals surface area contributed by atoms with Crippen LogP contribution >= 0.6 is 24.4 Å². The molecule has 0 fully saturated rings. The highest BCUT2D eigenvalue weighted by atomic mass is 32.1. The van der Waals surface area contributed by atoms with Crippen LogP contribution < -0.4 is 11.1 Å². The van der Waals surface area contributed by atoms with Crippen molar-refractivity contribution in [1.29, 1.82) is 0 Å². The van der Waals surface area contributed by atoms with Gasteiger partial charge in [0.05, 0.1) is 0 Å². The Morgan fingerprint density at radius 3 is 2.14 bits per heavy atom. The van der Waals surface area contributed by atoms with Crippen molar-refractivity contribution in [3.05, 3.63) is 0 Å². The Labute approximate surface area is 95.5 Å². The highest BCUT2D eigenvalue weighted by Crippen LogP contribution is 1.98. The molecule has 0 heterocycles. The van der Waals surface area contributed by atoms with E-state index in [2.05, 4.69) is 42.4 Å². The van der Waals surface area contributed by atoms with E-state index < -0.39 is 5.17 Å². The molecule has 0 spiro atoms. The predicted molar refractivity (Wildman–Crippen MR) is 66.8 cm³/mol. The first-order valence-corrected chi connectivity index (χ1v) is 5.19. The summed E-state index contributed by atoms with van der Waals surface area (Å²) in [4.78, 5) is 0. The fourth-order valence-electron chi connectivity index (χ4n) is 0.793. The lowest BCUT2D eigenvalue weighted by molar-refractivity contribution is 0.485. The Kier molecular flexibility index (Phi) is 11.8. The number of nitrogens with two attached hydrogens (primary N) is 1. The van der Waals surface area contributed by atoms with E-state index in [-0.39, 0.29) is 5.17 Å². The Hall–Kier alpha value is -0.620. The first-order chi connectivity index (χ1) is 6.40. The van der Waals surface area contributed by atoms with Crippen LogP contribution in [0.25, 0.3) is 0 Å². The van der Waals surface area contributed by atoms with Crippen molar-refractivity contribution < 1.29 is 10.2 Å². The summed E-state index contributed by atoms with van der Waals surface area (Å²) in [6.07, 6.45) is 3.43. The van der Waals surface area contributed by atoms with Gasteiger partial charge in [-0.2, -0.15) is 0 Å². The van der Waals surface area contributed by atoms with E-state index >= 15 is 0 Å². The summed E-state index contributed by atoms with van der Waals surface area (Å²) in [5.41, 5.74) is 4.40. The van der Waals surface area contributed by atoms with Gasteiger partial charge in [-0.1, -0.05) is 19.8 Å². The van der Waals surface area contributed by atoms with E-state index in [4.69, 9.17) is 10.2 Å². The molecule has 0 saturated heterocycles. The van der Waals surface area contributed by atoms with Crippen molar-refractivity contribution in [2.24, 2.45) is 5.73 Å². The van der Waals surface area contributed by atoms with Crippen LogP contribution in [-0.2, 0) is 0 Å². The minimum absolute atomic E-state index is 0.0939. The van der Waals surface area contributed by atoms with Gasteiger partial charge in [0.15, 0.2) is 0 Å². The highest BCUT2D eigenvalue weighted by molar-refractivity contribution is 7.80. The van der Waals surface area contributed by atoms with Gasteiger partial charge in [0.2, 0.25) is 0 Å². The minimum atomic E-state index is -0.500. The number of hydrogen-bond acceptors (Lipinski definition) is 2. The van der Waals surface area contributed by atoms with Crippen LogP contribution in [0, 0.1) is 0 Å². The molecule has 0 radical (unpaired) electrons. The van der Waals surface area contributed by atoms with Crippen molar-refractivity contribution in [1.82, 2.24) is 5.32 Å². The topological polar surface area (TPSA) is 78.5 Å². The van der Waals surface area contributed by atoms with Gasteiger partial charge in [0, 0.05) is 6.04 Å². The molecule has 0 amide bonds. The minimum Gasteiger partial charge on any atom is -0.487 e. The second kappa shape index (κ2) is 10.5. The molecule has 4 nitrogen and oxygen atoms in total. The van der Waals surface area contributed by atoms with Crippen molar-refractivity contribution in [3.8, 4) is 0 Å². The quantitative estimate of drug-likeness (QED) is 0.559. The molecular formula is C8H18N2O2S2. The van der Waals surface area contributed by atoms with E-state index in [0.29, 0.717) is 6.04 Å². The second-order valence-corrected chi connectivity index (χ2v) is 3.64. The zero-order chi connectivity index (χ0) is 11.6. The molecule has 0 bridgehead atoms. The standard InChI is InChI=1S/C7H15NOS.CH3NOS/c1-3-4-5-6(2)8-7(9)10;2-1(3)4/h6H,3-5H2,1-2H3,(H2,8,9,10);(H3,2,3,4). The maximum atomic E-state index is 8.64. The molecule has 0 aromatic heterocycles. The molecule has 1 atom stereocenters. The van der Waals surface area contributed by atoms with Gasteiger partial charge in [0.25, 0.3) is 10.3 Å². The molecule has 0 aromatic rings. The molecule has 0 aliphatic carbocycles. The summed E-state index contributed by atoms with van der Waals surface area (Å²) in [5.74, 6) is 0. The fraction of sp³-hybridized carbons (Fsp3) is 0.750. The summed E-state index contributed by atoms with van der Waals surface area (Å²) in [6, 6.07) is 0.303. The zero-order valence-electron chi connectivity index (χ0n) is 8.49. The van der Waals surface area contributed by atoms with Gasteiger partial charge in [-0.3, -0.25) is 0 Å². The van der Waals surface area contributed by atoms with Crippen LogP contribution in [0.2, 0.25) is 0 Å². The van der Waals surface area contributed by atoms with E-state index in [0.717, 1.165) is 6.42 Å². The maximum Gasteiger partial charge on any atom is 0.254 e. The number of nitrogens with one attached hydrogen (secondary N) is 1. The molecular weight excluding hydrogens is 220 g/mol. The lowest BCUT2D eigenvalue weighted by Crippen LogP contribution is -2.30. The summed E-state index contributed by atoms with van der Waals surface area (Å²) >= 11 is 8.34. The lowest BCUT2D eigenvalue weighted by Gasteiger charge is -2.10. The van der Waals surface area contributed by atoms with E-state index in [1.165, 1.54) is 12.8 Å². The van der Waals surface area contributed by atoms with Crippen molar-refractivity contribution in [2.75, 3.05) is 0 Å². The molecule has 5 N–H and O–H groups in total. The second-order valence-electron chi connectivity index (χ2n) is 2.83. The molecule has 6 heteroatoms. The smallest absolute Gasteiger partial charge is 0.254 e. The van der Waals surface area contributed by atoms with Crippen molar-refractivity contribution in [3.63, 3.8) is 0 Å². The Morgan fingerprint density at radius 1 is 1.43 bits per heavy atom. The number of rotatable bonds is 4. The number of aliphatic hydroxyl groups excluding tert-OH is 2. The third kappa shape index (κ3) is 22.5. The largest absolute Gasteiger partial charge is 0.487 e. The van der Waals surface area contributed by atoms with E-state index in [1.54, 1.807) is 0 Å². The molecule has 0 rings (SSSR count). The fourth-order valence-corrected chi connectivity index (χ4v) is 0.994. The van der Waals surface area contributed by atoms with Gasteiger partial charge in [-0.25, -0.2) is 0 Å². The van der Waals surface area contributed by atoms with E-state index in [1.807, 2.05) is 6.92 Å². The molecule has 84 valence electrons. The van der Waals surface area contributed by atoms with Gasteiger partial charge in [-0.05, 0) is 37.8 Å². The van der Waals surface area contributed by atoms with Crippen LogP contribution in [0.3, 0.4) is 0 Å². The maximum absolute atomic E-state index is 8.64. The predicted octanol–water partition coefficient (Wildman–Crippen LogP) is 1.79. The van der Waals surface area contributed by atoms with Gasteiger partial charge in [-0.15, -0.1) is 0 Å². The zero-order valence-corrected chi connectivity index (χ0v) is 10.1. The summed E-state index contributed by atoms with van der Waals surface area (Å²) in [5, 5.41) is 18.4. The molecule has 0 saturated carbocycles. The van der Waals surface area contributed by atoms with Crippen LogP contribution in [0.5, 0.6) is 0 Å². The Balaban J connectivity index is 0. The molecule has 1 unspecified atom stereocenters. The van der Waals surface area contributed by atoms with Gasteiger partial charge >= 0.3 is 0 Å². The summed E-state index contributed by atoms with van der Waals surface area (Å²) in [7, 11) is 0. The molecule has 0 aromatic carbocycles. The van der Waals surface area contributed by atoms with Crippen LogP contribution in [0.1, 0.15) is 33.1 Å². The van der Waals surface area contributed by atoms with E-state index in [9.17, 15) is 0 Å². The lowest BCUT2D eigenvalue weighted by atomic mass is 10.1. The van der Waals surface area contributed by atoms with Crippen LogP contribution in [0.4, 0.5) is 0 Å². The van der Waals surface area contributed by atoms with Crippen molar-refractivity contribution >= 4 is 34.8 Å². The monoisotopic (exact) mass is 238 g/mol. The third-order valence-electron chi connectivity index (χ3n) is 1.36. The summed E-state index contributed by atoms with van der Waals surface area (Å²) < 4.78 is 0. The Bertz CT molecular complexity index is 173. The van der Waals surface area contributed by atoms with Crippen LogP contribution in [0.15, 0.2) is 0 Å². The number of aliphatic hydroxyl groups is 2. The first kappa shape index (κ1) is 15.8. The highest BCUT2D eigenvalue weighted by Gasteiger charge is 2.00. The molecule has 0 aliphatic heterocycles. The van der Waals surface area contributed by atoms with Crippen molar-refractivity contribution in [2.45, 2.75) is 39.2 Å². The SMILES string of the molecule is CCCCC(C)NC(O)=S.NC(O)=S. The first-order valence-electron chi connectivity index (χ1n) is 4.38. The number of thiocarbonyl (C=S) groups is 2.